The summed E-state index contributed by atoms with van der Waals surface area (Å²) in [5.41, 5.74) is 0.720. The second-order valence-electron chi connectivity index (χ2n) is 7.37. The van der Waals surface area contributed by atoms with Crippen LogP contribution < -0.4 is 10.6 Å². The molecular formula is C18H27FN2O2. The van der Waals surface area contributed by atoms with Crippen molar-refractivity contribution in [3.05, 3.63) is 35.6 Å². The minimum Gasteiger partial charge on any atom is -0.444 e. The van der Waals surface area contributed by atoms with E-state index in [4.69, 9.17) is 4.74 Å². The molecule has 1 fully saturated rings. The number of hydrogen-bond acceptors (Lipinski definition) is 3. The van der Waals surface area contributed by atoms with Crippen molar-refractivity contribution in [3.8, 4) is 0 Å². The third kappa shape index (κ3) is 5.82. The molecule has 2 N–H and O–H groups in total. The number of nitrogens with one attached hydrogen (secondary N) is 2. The smallest absolute Gasteiger partial charge is 0.407 e. The van der Waals surface area contributed by atoms with Crippen LogP contribution in [-0.2, 0) is 4.74 Å². The van der Waals surface area contributed by atoms with Crippen LogP contribution in [0.2, 0.25) is 0 Å². The number of carbonyl (C=O) groups is 1. The molecule has 1 saturated carbocycles. The lowest BCUT2D eigenvalue weighted by molar-refractivity contribution is 0.0506. The molecule has 5 heteroatoms. The zero-order valence-corrected chi connectivity index (χ0v) is 14.4. The molecule has 1 aromatic carbocycles. The molecule has 0 saturated heterocycles. The highest BCUT2D eigenvalue weighted by Gasteiger charge is 2.30. The Kier molecular flexibility index (Phi) is 5.63. The van der Waals surface area contributed by atoms with Crippen molar-refractivity contribution in [1.82, 2.24) is 10.6 Å². The first-order chi connectivity index (χ1) is 10.7. The van der Waals surface area contributed by atoms with Crippen molar-refractivity contribution in [2.75, 3.05) is 6.54 Å². The van der Waals surface area contributed by atoms with Crippen molar-refractivity contribution in [2.24, 2.45) is 0 Å². The summed E-state index contributed by atoms with van der Waals surface area (Å²) in [7, 11) is 0. The summed E-state index contributed by atoms with van der Waals surface area (Å²) >= 11 is 0. The number of carbonyl (C=O) groups excluding carboxylic acids is 1. The Balaban J connectivity index is 1.64. The Morgan fingerprint density at radius 3 is 2.48 bits per heavy atom. The predicted octanol–water partition coefficient (Wildman–Crippen LogP) is 3.57. The van der Waals surface area contributed by atoms with Gasteiger partial charge in [-0.3, -0.25) is 0 Å². The van der Waals surface area contributed by atoms with E-state index >= 15 is 0 Å². The maximum absolute atomic E-state index is 12.9. The lowest BCUT2D eigenvalue weighted by atomic mass is 9.76. The summed E-state index contributed by atoms with van der Waals surface area (Å²) in [4.78, 5) is 11.7. The van der Waals surface area contributed by atoms with Crippen molar-refractivity contribution >= 4 is 6.09 Å². The van der Waals surface area contributed by atoms with Gasteiger partial charge in [0.1, 0.15) is 11.4 Å². The number of ether oxygens (including phenoxy) is 1. The third-order valence-electron chi connectivity index (χ3n) is 3.96. The van der Waals surface area contributed by atoms with Crippen LogP contribution in [0.4, 0.5) is 9.18 Å². The lowest BCUT2D eigenvalue weighted by Crippen LogP contribution is -2.48. The number of benzene rings is 1. The fourth-order valence-corrected chi connectivity index (χ4v) is 2.69. The maximum atomic E-state index is 12.9. The summed E-state index contributed by atoms with van der Waals surface area (Å²) in [5, 5.41) is 6.28. The van der Waals surface area contributed by atoms with Gasteiger partial charge in [0.05, 0.1) is 0 Å². The summed E-state index contributed by atoms with van der Waals surface area (Å²) in [6.45, 7) is 8.20. The molecule has 1 aliphatic rings. The molecule has 4 nitrogen and oxygen atoms in total. The van der Waals surface area contributed by atoms with Crippen molar-refractivity contribution in [1.29, 1.82) is 0 Å². The number of rotatable bonds is 5. The standard InChI is InChI=1S/C18H27FN2O2/c1-12(21-17(22)23-18(2,3)4)11-20-16-9-14(10-16)13-5-7-15(19)8-6-13/h5-8,12,14,16,20H,9-11H2,1-4H3,(H,21,22). The van der Waals surface area contributed by atoms with Crippen LogP contribution >= 0.6 is 0 Å². The average Bonchev–Trinajstić information content (AvgIpc) is 2.36. The SMILES string of the molecule is CC(CNC1CC(c2ccc(F)cc2)C1)NC(=O)OC(C)(C)C. The first-order valence-corrected chi connectivity index (χ1v) is 8.21. The molecule has 1 atom stereocenters. The minimum atomic E-state index is -0.479. The molecule has 0 radical (unpaired) electrons. The van der Waals surface area contributed by atoms with Crippen LogP contribution in [0.5, 0.6) is 0 Å². The van der Waals surface area contributed by atoms with Gasteiger partial charge in [-0.25, -0.2) is 9.18 Å². The van der Waals surface area contributed by atoms with Gasteiger partial charge >= 0.3 is 6.09 Å². The highest BCUT2D eigenvalue weighted by atomic mass is 19.1. The Labute approximate surface area is 137 Å². The largest absolute Gasteiger partial charge is 0.444 e. The van der Waals surface area contributed by atoms with Gasteiger partial charge in [-0.2, -0.15) is 0 Å². The summed E-state index contributed by atoms with van der Waals surface area (Å²) < 4.78 is 18.1. The van der Waals surface area contributed by atoms with Crippen LogP contribution in [0.1, 0.15) is 52.0 Å². The summed E-state index contributed by atoms with van der Waals surface area (Å²) in [6.07, 6.45) is 1.71. The average molecular weight is 322 g/mol. The van der Waals surface area contributed by atoms with Crippen LogP contribution in [0.3, 0.4) is 0 Å². The molecule has 1 unspecified atom stereocenters. The van der Waals surface area contributed by atoms with E-state index in [0.29, 0.717) is 18.5 Å². The predicted molar refractivity (Wildman–Crippen MR) is 89.0 cm³/mol. The van der Waals surface area contributed by atoms with Crippen molar-refractivity contribution in [2.45, 2.75) is 64.1 Å². The van der Waals surface area contributed by atoms with Crippen molar-refractivity contribution in [3.63, 3.8) is 0 Å². The lowest BCUT2D eigenvalue weighted by Gasteiger charge is -2.37. The van der Waals surface area contributed by atoms with Gasteiger partial charge in [0.15, 0.2) is 0 Å². The van der Waals surface area contributed by atoms with Gasteiger partial charge in [0.2, 0.25) is 0 Å². The zero-order chi connectivity index (χ0) is 17.0. The Bertz CT molecular complexity index is 519. The van der Waals surface area contributed by atoms with E-state index in [1.54, 1.807) is 0 Å². The van der Waals surface area contributed by atoms with E-state index in [9.17, 15) is 9.18 Å². The molecule has 0 bridgehead atoms. The van der Waals surface area contributed by atoms with E-state index in [1.807, 2.05) is 39.8 Å². The normalized spacial score (nSPS) is 22.1. The van der Waals surface area contributed by atoms with Gasteiger partial charge in [0, 0.05) is 18.6 Å². The molecule has 1 amide bonds. The van der Waals surface area contributed by atoms with Crippen molar-refractivity contribution < 1.29 is 13.9 Å². The van der Waals surface area contributed by atoms with Gasteiger partial charge in [-0.05, 0) is 64.2 Å². The molecule has 0 aromatic heterocycles. The zero-order valence-electron chi connectivity index (χ0n) is 14.4. The molecule has 2 rings (SSSR count). The second-order valence-corrected chi connectivity index (χ2v) is 7.37. The fourth-order valence-electron chi connectivity index (χ4n) is 2.69. The first-order valence-electron chi connectivity index (χ1n) is 8.21. The number of amides is 1. The van der Waals surface area contributed by atoms with Gasteiger partial charge in [-0.1, -0.05) is 12.1 Å². The van der Waals surface area contributed by atoms with Gasteiger partial charge < -0.3 is 15.4 Å². The summed E-state index contributed by atoms with van der Waals surface area (Å²) in [6, 6.07) is 7.22. The quantitative estimate of drug-likeness (QED) is 0.871. The second kappa shape index (κ2) is 7.30. The highest BCUT2D eigenvalue weighted by Crippen LogP contribution is 2.36. The van der Waals surface area contributed by atoms with E-state index in [-0.39, 0.29) is 18.0 Å². The number of halogens is 1. The molecule has 128 valence electrons. The van der Waals surface area contributed by atoms with E-state index < -0.39 is 5.60 Å². The molecule has 0 spiro atoms. The van der Waals surface area contributed by atoms with Crippen LogP contribution in [-0.4, -0.2) is 30.3 Å². The maximum Gasteiger partial charge on any atom is 0.407 e. The molecule has 1 aliphatic carbocycles. The molecule has 23 heavy (non-hydrogen) atoms. The van der Waals surface area contributed by atoms with Crippen LogP contribution in [0, 0.1) is 5.82 Å². The Morgan fingerprint density at radius 1 is 1.30 bits per heavy atom. The van der Waals surface area contributed by atoms with E-state index in [2.05, 4.69) is 10.6 Å². The molecular weight excluding hydrogens is 295 g/mol. The first kappa shape index (κ1) is 17.7. The number of hydrogen-bond donors (Lipinski definition) is 2. The van der Waals surface area contributed by atoms with Gasteiger partial charge in [0.25, 0.3) is 0 Å². The monoisotopic (exact) mass is 322 g/mol. The van der Waals surface area contributed by atoms with Crippen LogP contribution in [0.15, 0.2) is 24.3 Å². The van der Waals surface area contributed by atoms with E-state index in [0.717, 1.165) is 12.8 Å². The highest BCUT2D eigenvalue weighted by molar-refractivity contribution is 5.68. The Morgan fingerprint density at radius 2 is 1.91 bits per heavy atom. The molecule has 1 aromatic rings. The third-order valence-corrected chi connectivity index (χ3v) is 3.96. The van der Waals surface area contributed by atoms with E-state index in [1.165, 1.54) is 17.7 Å². The summed E-state index contributed by atoms with van der Waals surface area (Å²) in [5.74, 6) is 0.312. The topological polar surface area (TPSA) is 50.4 Å². The molecule has 0 heterocycles. The number of alkyl carbamates (subject to hydrolysis) is 1. The Hall–Kier alpha value is -1.62. The molecule has 0 aliphatic heterocycles. The minimum absolute atomic E-state index is 0.00900. The van der Waals surface area contributed by atoms with Gasteiger partial charge in [-0.15, -0.1) is 0 Å². The van der Waals surface area contributed by atoms with Crippen LogP contribution in [0.25, 0.3) is 0 Å². The fraction of sp³-hybridized carbons (Fsp3) is 0.611.